The molecule has 0 aliphatic rings. The predicted molar refractivity (Wildman–Crippen MR) is 71.3 cm³/mol. The van der Waals surface area contributed by atoms with E-state index in [4.69, 9.17) is 0 Å². The van der Waals surface area contributed by atoms with Gasteiger partial charge in [0.05, 0.1) is 0 Å². The van der Waals surface area contributed by atoms with Gasteiger partial charge in [-0.2, -0.15) is 0 Å². The standard InChI is InChI=1S/C14H19Br/c1-4-5-6-7-11(2)13-8-9-14(15)12(3)10-13/h5-6,8-11H,4,7H2,1-3H3/b6-5-. The molecule has 0 saturated carbocycles. The molecule has 0 saturated heterocycles. The number of rotatable bonds is 4. The number of aryl methyl sites for hydroxylation is 1. The average molecular weight is 267 g/mol. The van der Waals surface area contributed by atoms with Crippen LogP contribution in [0.15, 0.2) is 34.8 Å². The maximum Gasteiger partial charge on any atom is 0.0204 e. The van der Waals surface area contributed by atoms with Crippen molar-refractivity contribution in [3.63, 3.8) is 0 Å². The molecule has 15 heavy (non-hydrogen) atoms. The largest absolute Gasteiger partial charge is 0.0888 e. The van der Waals surface area contributed by atoms with Gasteiger partial charge in [0.2, 0.25) is 0 Å². The molecule has 0 N–H and O–H groups in total. The van der Waals surface area contributed by atoms with Crippen LogP contribution in [0.5, 0.6) is 0 Å². The molecule has 1 unspecified atom stereocenters. The zero-order valence-corrected chi connectivity index (χ0v) is 11.3. The summed E-state index contributed by atoms with van der Waals surface area (Å²) >= 11 is 3.53. The second-order valence-corrected chi connectivity index (χ2v) is 4.88. The van der Waals surface area contributed by atoms with E-state index in [2.05, 4.69) is 67.1 Å². The van der Waals surface area contributed by atoms with E-state index in [1.807, 2.05) is 0 Å². The van der Waals surface area contributed by atoms with E-state index >= 15 is 0 Å². The molecular formula is C14H19Br. The van der Waals surface area contributed by atoms with Crippen molar-refractivity contribution in [3.05, 3.63) is 46.0 Å². The average Bonchev–Trinajstić information content (AvgIpc) is 2.22. The second-order valence-electron chi connectivity index (χ2n) is 4.03. The normalized spacial score (nSPS) is 13.3. The molecule has 0 aliphatic heterocycles. The van der Waals surface area contributed by atoms with Gasteiger partial charge in [0.15, 0.2) is 0 Å². The van der Waals surface area contributed by atoms with Crippen LogP contribution in [0.4, 0.5) is 0 Å². The van der Waals surface area contributed by atoms with Gasteiger partial charge in [-0.3, -0.25) is 0 Å². The van der Waals surface area contributed by atoms with Crippen molar-refractivity contribution >= 4 is 15.9 Å². The van der Waals surface area contributed by atoms with Crippen LogP contribution in [-0.4, -0.2) is 0 Å². The quantitative estimate of drug-likeness (QED) is 0.656. The summed E-state index contributed by atoms with van der Waals surface area (Å²) in [5, 5.41) is 0. The van der Waals surface area contributed by atoms with Gasteiger partial charge < -0.3 is 0 Å². The number of allylic oxidation sites excluding steroid dienone is 2. The van der Waals surface area contributed by atoms with Crippen molar-refractivity contribution in [2.45, 2.75) is 39.5 Å². The van der Waals surface area contributed by atoms with E-state index in [0.29, 0.717) is 5.92 Å². The Kier molecular flexibility index (Phi) is 5.10. The van der Waals surface area contributed by atoms with Crippen molar-refractivity contribution in [1.29, 1.82) is 0 Å². The summed E-state index contributed by atoms with van der Waals surface area (Å²) in [7, 11) is 0. The third-order valence-electron chi connectivity index (χ3n) is 2.64. The van der Waals surface area contributed by atoms with Gasteiger partial charge in [-0.1, -0.05) is 54.1 Å². The molecule has 0 amide bonds. The summed E-state index contributed by atoms with van der Waals surface area (Å²) < 4.78 is 1.20. The van der Waals surface area contributed by atoms with E-state index in [0.717, 1.165) is 12.8 Å². The molecule has 0 spiro atoms. The summed E-state index contributed by atoms with van der Waals surface area (Å²) in [5.74, 6) is 0.611. The Bertz CT molecular complexity index is 339. The van der Waals surface area contributed by atoms with Crippen molar-refractivity contribution in [3.8, 4) is 0 Å². The SMILES string of the molecule is CC/C=C\CC(C)c1ccc(Br)c(C)c1. The summed E-state index contributed by atoms with van der Waals surface area (Å²) in [6.45, 7) is 6.59. The molecule has 0 aromatic heterocycles. The number of hydrogen-bond donors (Lipinski definition) is 0. The van der Waals surface area contributed by atoms with Gasteiger partial charge in [0, 0.05) is 4.47 Å². The van der Waals surface area contributed by atoms with Gasteiger partial charge in [-0.15, -0.1) is 0 Å². The predicted octanol–water partition coefficient (Wildman–Crippen LogP) is 5.22. The second kappa shape index (κ2) is 6.12. The van der Waals surface area contributed by atoms with Crippen molar-refractivity contribution in [2.75, 3.05) is 0 Å². The van der Waals surface area contributed by atoms with Crippen LogP contribution in [0.3, 0.4) is 0 Å². The fourth-order valence-corrected chi connectivity index (χ4v) is 1.82. The molecule has 0 aliphatic carbocycles. The Morgan fingerprint density at radius 3 is 2.67 bits per heavy atom. The molecule has 0 radical (unpaired) electrons. The van der Waals surface area contributed by atoms with Crippen molar-refractivity contribution < 1.29 is 0 Å². The Labute approximate surface area is 102 Å². The van der Waals surface area contributed by atoms with Crippen LogP contribution >= 0.6 is 15.9 Å². The Hall–Kier alpha value is -0.560. The van der Waals surface area contributed by atoms with Crippen LogP contribution in [0.2, 0.25) is 0 Å². The maximum absolute atomic E-state index is 3.53. The van der Waals surface area contributed by atoms with Crippen molar-refractivity contribution in [2.24, 2.45) is 0 Å². The lowest BCUT2D eigenvalue weighted by Gasteiger charge is -2.10. The number of halogens is 1. The zero-order chi connectivity index (χ0) is 11.3. The Morgan fingerprint density at radius 2 is 2.07 bits per heavy atom. The van der Waals surface area contributed by atoms with Crippen LogP contribution in [0.25, 0.3) is 0 Å². The molecule has 0 nitrogen and oxygen atoms in total. The van der Waals surface area contributed by atoms with Crippen LogP contribution in [0.1, 0.15) is 43.7 Å². The van der Waals surface area contributed by atoms with Crippen LogP contribution in [0, 0.1) is 6.92 Å². The molecule has 1 heteroatoms. The van der Waals surface area contributed by atoms with Crippen LogP contribution in [-0.2, 0) is 0 Å². The van der Waals surface area contributed by atoms with Crippen LogP contribution < -0.4 is 0 Å². The Morgan fingerprint density at radius 1 is 1.33 bits per heavy atom. The highest BCUT2D eigenvalue weighted by Gasteiger charge is 2.04. The van der Waals surface area contributed by atoms with E-state index in [9.17, 15) is 0 Å². The lowest BCUT2D eigenvalue weighted by molar-refractivity contribution is 0.777. The molecule has 1 rings (SSSR count). The summed E-state index contributed by atoms with van der Waals surface area (Å²) in [6, 6.07) is 6.63. The monoisotopic (exact) mass is 266 g/mol. The van der Waals surface area contributed by atoms with Gasteiger partial charge in [-0.25, -0.2) is 0 Å². The van der Waals surface area contributed by atoms with Gasteiger partial charge in [-0.05, 0) is 42.9 Å². The maximum atomic E-state index is 3.53. The lowest BCUT2D eigenvalue weighted by Crippen LogP contribution is -1.92. The third kappa shape index (κ3) is 3.83. The first-order valence-corrected chi connectivity index (χ1v) is 6.35. The lowest BCUT2D eigenvalue weighted by atomic mass is 9.96. The smallest absolute Gasteiger partial charge is 0.0204 e. The van der Waals surface area contributed by atoms with E-state index in [1.165, 1.54) is 15.6 Å². The molecular weight excluding hydrogens is 248 g/mol. The highest BCUT2D eigenvalue weighted by Crippen LogP contribution is 2.24. The molecule has 1 aromatic rings. The van der Waals surface area contributed by atoms with E-state index in [-0.39, 0.29) is 0 Å². The summed E-state index contributed by atoms with van der Waals surface area (Å²) in [4.78, 5) is 0. The fourth-order valence-electron chi connectivity index (χ4n) is 1.58. The minimum absolute atomic E-state index is 0.611. The summed E-state index contributed by atoms with van der Waals surface area (Å²) in [5.41, 5.74) is 2.75. The van der Waals surface area contributed by atoms with Crippen molar-refractivity contribution in [1.82, 2.24) is 0 Å². The number of benzene rings is 1. The minimum atomic E-state index is 0.611. The molecule has 1 aromatic carbocycles. The highest BCUT2D eigenvalue weighted by atomic mass is 79.9. The zero-order valence-electron chi connectivity index (χ0n) is 9.76. The molecule has 0 heterocycles. The minimum Gasteiger partial charge on any atom is -0.0888 e. The molecule has 82 valence electrons. The van der Waals surface area contributed by atoms with Gasteiger partial charge >= 0.3 is 0 Å². The first-order valence-electron chi connectivity index (χ1n) is 5.56. The molecule has 1 atom stereocenters. The summed E-state index contributed by atoms with van der Waals surface area (Å²) in [6.07, 6.45) is 6.78. The molecule has 0 bridgehead atoms. The molecule has 0 fully saturated rings. The number of hydrogen-bond acceptors (Lipinski definition) is 0. The van der Waals surface area contributed by atoms with Gasteiger partial charge in [0.1, 0.15) is 0 Å². The first-order chi connectivity index (χ1) is 7.15. The fraction of sp³-hybridized carbons (Fsp3) is 0.429. The Balaban J connectivity index is 2.69. The van der Waals surface area contributed by atoms with E-state index in [1.54, 1.807) is 0 Å². The first kappa shape index (κ1) is 12.5. The third-order valence-corrected chi connectivity index (χ3v) is 3.53. The topological polar surface area (TPSA) is 0 Å². The van der Waals surface area contributed by atoms with Gasteiger partial charge in [0.25, 0.3) is 0 Å². The highest BCUT2D eigenvalue weighted by molar-refractivity contribution is 9.10. The van der Waals surface area contributed by atoms with E-state index < -0.39 is 0 Å².